The van der Waals surface area contributed by atoms with Crippen molar-refractivity contribution in [1.29, 1.82) is 0 Å². The Morgan fingerprint density at radius 2 is 2.08 bits per heavy atom. The van der Waals surface area contributed by atoms with Crippen molar-refractivity contribution in [3.63, 3.8) is 0 Å². The van der Waals surface area contributed by atoms with Crippen LogP contribution in [0.1, 0.15) is 32.3 Å². The maximum absolute atomic E-state index is 12.0. The largest absolute Gasteiger partial charge is 0.490 e. The molecule has 0 saturated heterocycles. The average Bonchev–Trinajstić information content (AvgIpc) is 2.52. The third-order valence-corrected chi connectivity index (χ3v) is 4.39. The number of nitrogens with zero attached hydrogens (tertiary/aromatic N) is 1. The van der Waals surface area contributed by atoms with E-state index in [9.17, 15) is 19.7 Å². The monoisotopic (exact) mass is 370 g/mol. The van der Waals surface area contributed by atoms with Crippen LogP contribution in [0, 0.1) is 10.1 Å². The molecule has 0 heterocycles. The van der Waals surface area contributed by atoms with Gasteiger partial charge in [-0.05, 0) is 31.9 Å². The molecule has 9 heteroatoms. The first kappa shape index (κ1) is 20.8. The number of benzene rings is 1. The van der Waals surface area contributed by atoms with Crippen LogP contribution in [-0.4, -0.2) is 40.3 Å². The maximum Gasteiger partial charge on any atom is 0.311 e. The summed E-state index contributed by atoms with van der Waals surface area (Å²) in [5, 5.41) is 22.5. The number of carbonyl (C=O) groups excluding carboxylic acids is 1. The molecule has 0 bridgehead atoms. The highest BCUT2D eigenvalue weighted by atomic mass is 32.2. The number of hydrogen-bond donors (Lipinski definition) is 2. The molecule has 1 rings (SSSR count). The highest BCUT2D eigenvalue weighted by Crippen LogP contribution is 2.29. The lowest BCUT2D eigenvalue weighted by atomic mass is 9.98. The van der Waals surface area contributed by atoms with Gasteiger partial charge in [0.1, 0.15) is 0 Å². The zero-order valence-electron chi connectivity index (χ0n) is 14.4. The van der Waals surface area contributed by atoms with E-state index >= 15 is 0 Å². The van der Waals surface area contributed by atoms with E-state index in [0.717, 1.165) is 5.56 Å². The van der Waals surface area contributed by atoms with Crippen molar-refractivity contribution < 1.29 is 24.4 Å². The van der Waals surface area contributed by atoms with Crippen molar-refractivity contribution in [3.05, 3.63) is 33.9 Å². The van der Waals surface area contributed by atoms with Crippen LogP contribution >= 0.6 is 11.8 Å². The molecule has 0 unspecified atom stereocenters. The number of carboxylic acids is 1. The van der Waals surface area contributed by atoms with Gasteiger partial charge in [-0.25, -0.2) is 0 Å². The van der Waals surface area contributed by atoms with Gasteiger partial charge in [0.15, 0.2) is 5.75 Å². The Morgan fingerprint density at radius 3 is 2.64 bits per heavy atom. The second-order valence-electron chi connectivity index (χ2n) is 6.08. The third kappa shape index (κ3) is 7.42. The van der Waals surface area contributed by atoms with Crippen LogP contribution in [0.15, 0.2) is 18.2 Å². The lowest BCUT2D eigenvalue weighted by Gasteiger charge is -2.25. The highest BCUT2D eigenvalue weighted by molar-refractivity contribution is 7.99. The summed E-state index contributed by atoms with van der Waals surface area (Å²) in [5.41, 5.74) is 0.00450. The molecule has 0 spiro atoms. The van der Waals surface area contributed by atoms with E-state index < -0.39 is 16.4 Å². The van der Waals surface area contributed by atoms with Crippen molar-refractivity contribution in [1.82, 2.24) is 5.32 Å². The number of hydrogen-bond acceptors (Lipinski definition) is 6. The van der Waals surface area contributed by atoms with E-state index in [-0.39, 0.29) is 29.5 Å². The fraction of sp³-hybridized carbons (Fsp3) is 0.500. The summed E-state index contributed by atoms with van der Waals surface area (Å²) in [6.45, 7) is 3.54. The zero-order valence-corrected chi connectivity index (χ0v) is 15.2. The summed E-state index contributed by atoms with van der Waals surface area (Å²) >= 11 is 1.32. The number of nitrogens with one attached hydrogen (secondary N) is 1. The summed E-state index contributed by atoms with van der Waals surface area (Å²) in [7, 11) is 1.37. The Hall–Kier alpha value is -2.29. The van der Waals surface area contributed by atoms with E-state index in [4.69, 9.17) is 9.84 Å². The number of amides is 1. The molecule has 0 saturated carbocycles. The molecule has 138 valence electrons. The second-order valence-corrected chi connectivity index (χ2v) is 7.07. The van der Waals surface area contributed by atoms with Gasteiger partial charge in [0.05, 0.1) is 17.8 Å². The molecular weight excluding hydrogens is 348 g/mol. The van der Waals surface area contributed by atoms with Gasteiger partial charge in [-0.3, -0.25) is 19.7 Å². The van der Waals surface area contributed by atoms with Crippen LogP contribution in [-0.2, 0) is 15.3 Å². The molecule has 25 heavy (non-hydrogen) atoms. The van der Waals surface area contributed by atoms with E-state index in [0.29, 0.717) is 12.2 Å². The third-order valence-electron chi connectivity index (χ3n) is 3.38. The predicted octanol–water partition coefficient (Wildman–Crippen LogP) is 2.60. The quantitative estimate of drug-likeness (QED) is 0.480. The van der Waals surface area contributed by atoms with E-state index in [2.05, 4.69) is 5.32 Å². The normalized spacial score (nSPS) is 11.0. The van der Waals surface area contributed by atoms with Crippen molar-refractivity contribution >= 4 is 29.3 Å². The second kappa shape index (κ2) is 9.26. The Bertz CT molecular complexity index is 648. The molecule has 0 atom stereocenters. The van der Waals surface area contributed by atoms with Gasteiger partial charge in [-0.15, -0.1) is 11.8 Å². The first-order chi connectivity index (χ1) is 11.6. The van der Waals surface area contributed by atoms with Crippen molar-refractivity contribution in [2.45, 2.75) is 38.0 Å². The minimum Gasteiger partial charge on any atom is -0.490 e. The van der Waals surface area contributed by atoms with E-state index in [1.54, 1.807) is 19.9 Å². The molecule has 1 aromatic rings. The van der Waals surface area contributed by atoms with E-state index in [1.165, 1.54) is 31.0 Å². The van der Waals surface area contributed by atoms with Crippen LogP contribution in [0.4, 0.5) is 5.69 Å². The van der Waals surface area contributed by atoms with E-state index in [1.807, 2.05) is 0 Å². The SMILES string of the molecule is COc1ccc(CSCC(=O)NC(C)(C)CCC(=O)O)cc1[N+](=O)[O-]. The Labute approximate surface area is 150 Å². The van der Waals surface area contributed by atoms with Gasteiger partial charge in [-0.2, -0.15) is 0 Å². The van der Waals surface area contributed by atoms with Crippen LogP contribution in [0.5, 0.6) is 5.75 Å². The number of nitro benzene ring substituents is 1. The number of carboxylic acid groups (broad SMARTS) is 1. The molecule has 0 aromatic heterocycles. The summed E-state index contributed by atoms with van der Waals surface area (Å²) in [5.74, 6) is -0.303. The lowest BCUT2D eigenvalue weighted by Crippen LogP contribution is -2.44. The number of thioether (sulfide) groups is 1. The van der Waals surface area contributed by atoms with Crippen molar-refractivity contribution in [2.24, 2.45) is 0 Å². The number of rotatable bonds is 10. The lowest BCUT2D eigenvalue weighted by molar-refractivity contribution is -0.385. The van der Waals surface area contributed by atoms with Gasteiger partial charge in [0, 0.05) is 23.8 Å². The Kier molecular flexibility index (Phi) is 7.69. The first-order valence-electron chi connectivity index (χ1n) is 7.56. The predicted molar refractivity (Wildman–Crippen MR) is 94.9 cm³/mol. The molecule has 0 fully saturated rings. The maximum atomic E-state index is 12.0. The summed E-state index contributed by atoms with van der Waals surface area (Å²) in [6.07, 6.45) is 0.319. The number of nitro groups is 1. The Morgan fingerprint density at radius 1 is 1.40 bits per heavy atom. The van der Waals surface area contributed by atoms with Crippen molar-refractivity contribution in [2.75, 3.05) is 12.9 Å². The number of aliphatic carboxylic acids is 1. The van der Waals surface area contributed by atoms with Crippen LogP contribution < -0.4 is 10.1 Å². The minimum atomic E-state index is -0.905. The molecule has 0 aliphatic heterocycles. The molecule has 8 nitrogen and oxygen atoms in total. The van der Waals surface area contributed by atoms with Crippen LogP contribution in [0.25, 0.3) is 0 Å². The van der Waals surface area contributed by atoms with Gasteiger partial charge in [0.25, 0.3) is 0 Å². The highest BCUT2D eigenvalue weighted by Gasteiger charge is 2.21. The Balaban J connectivity index is 2.51. The van der Waals surface area contributed by atoms with Gasteiger partial charge < -0.3 is 15.2 Å². The van der Waals surface area contributed by atoms with Gasteiger partial charge in [0.2, 0.25) is 5.91 Å². The molecule has 0 aliphatic rings. The fourth-order valence-electron chi connectivity index (χ4n) is 2.13. The summed E-state index contributed by atoms with van der Waals surface area (Å²) < 4.78 is 4.94. The number of methoxy groups -OCH3 is 1. The molecule has 1 aromatic carbocycles. The number of carbonyl (C=O) groups is 2. The first-order valence-corrected chi connectivity index (χ1v) is 8.72. The van der Waals surface area contributed by atoms with Gasteiger partial charge in [-0.1, -0.05) is 6.07 Å². The smallest absolute Gasteiger partial charge is 0.311 e. The minimum absolute atomic E-state index is 0.0179. The zero-order chi connectivity index (χ0) is 19.0. The summed E-state index contributed by atoms with van der Waals surface area (Å²) in [6, 6.07) is 4.68. The number of ether oxygens (including phenoxy) is 1. The topological polar surface area (TPSA) is 119 Å². The fourth-order valence-corrected chi connectivity index (χ4v) is 2.90. The standard InChI is InChI=1S/C16H22N2O6S/c1-16(2,7-6-15(20)21)17-14(19)10-25-9-11-4-5-13(24-3)12(8-11)18(22)23/h4-5,8H,6-7,9-10H2,1-3H3,(H,17,19)(H,20,21). The summed E-state index contributed by atoms with van der Waals surface area (Å²) in [4.78, 5) is 33.1. The molecular formula is C16H22N2O6S. The van der Waals surface area contributed by atoms with Crippen LogP contribution in [0.3, 0.4) is 0 Å². The van der Waals surface area contributed by atoms with Gasteiger partial charge >= 0.3 is 11.7 Å². The average molecular weight is 370 g/mol. The molecule has 2 N–H and O–H groups in total. The molecule has 1 amide bonds. The van der Waals surface area contributed by atoms with Crippen molar-refractivity contribution in [3.8, 4) is 5.75 Å². The molecule has 0 aliphatic carbocycles. The van der Waals surface area contributed by atoms with Crippen LogP contribution in [0.2, 0.25) is 0 Å². The molecule has 0 radical (unpaired) electrons.